The molecular formula is C19H17N3O4. The molecule has 3 aromatic rings. The van der Waals surface area contributed by atoms with Crippen molar-refractivity contribution >= 4 is 34.7 Å². The lowest BCUT2D eigenvalue weighted by Gasteiger charge is -2.09. The number of rotatable bonds is 4. The molecule has 0 saturated carbocycles. The standard InChI is InChI=1S/C19H17N3O4/c1-22(2)18(24)13-6-3-12(4-7-13)5-10-17(23)20-14-8-9-15-16(11-14)26-19(25)21-15/h3-11H,1-2H3,(H,20,23)(H,21,25)/b10-5+. The molecule has 1 aromatic heterocycles. The molecule has 132 valence electrons. The van der Waals surface area contributed by atoms with Crippen molar-refractivity contribution in [3.05, 3.63) is 70.2 Å². The van der Waals surface area contributed by atoms with Crippen LogP contribution in [0.5, 0.6) is 0 Å². The van der Waals surface area contributed by atoms with E-state index in [2.05, 4.69) is 10.3 Å². The Kier molecular flexibility index (Phi) is 4.70. The van der Waals surface area contributed by atoms with E-state index in [1.807, 2.05) is 0 Å². The number of nitrogens with zero attached hydrogens (tertiary/aromatic N) is 1. The Labute approximate surface area is 148 Å². The van der Waals surface area contributed by atoms with E-state index in [0.717, 1.165) is 5.56 Å². The Bertz CT molecular complexity index is 1040. The third-order valence-electron chi connectivity index (χ3n) is 3.68. The fourth-order valence-electron chi connectivity index (χ4n) is 2.37. The number of hydrogen-bond acceptors (Lipinski definition) is 4. The Balaban J connectivity index is 1.66. The summed E-state index contributed by atoms with van der Waals surface area (Å²) in [6.45, 7) is 0. The van der Waals surface area contributed by atoms with Gasteiger partial charge < -0.3 is 14.6 Å². The molecule has 0 spiro atoms. The van der Waals surface area contributed by atoms with E-state index in [1.165, 1.54) is 11.0 Å². The zero-order valence-corrected chi connectivity index (χ0v) is 14.3. The molecule has 2 amide bonds. The van der Waals surface area contributed by atoms with E-state index < -0.39 is 5.76 Å². The number of aromatic nitrogens is 1. The average molecular weight is 351 g/mol. The van der Waals surface area contributed by atoms with Crippen molar-refractivity contribution < 1.29 is 14.0 Å². The molecule has 1 heterocycles. The Morgan fingerprint density at radius 1 is 1.12 bits per heavy atom. The highest BCUT2D eigenvalue weighted by molar-refractivity contribution is 6.02. The van der Waals surface area contributed by atoms with Crippen LogP contribution in [0.15, 0.2) is 57.8 Å². The van der Waals surface area contributed by atoms with Gasteiger partial charge in [-0.2, -0.15) is 0 Å². The molecule has 0 fully saturated rings. The predicted molar refractivity (Wildman–Crippen MR) is 99.0 cm³/mol. The van der Waals surface area contributed by atoms with Gasteiger partial charge in [-0.3, -0.25) is 14.6 Å². The summed E-state index contributed by atoms with van der Waals surface area (Å²) >= 11 is 0. The van der Waals surface area contributed by atoms with E-state index in [0.29, 0.717) is 22.4 Å². The van der Waals surface area contributed by atoms with Crippen molar-refractivity contribution in [2.45, 2.75) is 0 Å². The molecule has 2 N–H and O–H groups in total. The summed E-state index contributed by atoms with van der Waals surface area (Å²) in [5.74, 6) is -0.944. The number of aromatic amines is 1. The zero-order chi connectivity index (χ0) is 18.7. The third kappa shape index (κ3) is 3.89. The van der Waals surface area contributed by atoms with E-state index in [9.17, 15) is 14.4 Å². The van der Waals surface area contributed by atoms with Gasteiger partial charge >= 0.3 is 5.76 Å². The molecular weight excluding hydrogens is 334 g/mol. The Hall–Kier alpha value is -3.61. The summed E-state index contributed by atoms with van der Waals surface area (Å²) in [6, 6.07) is 11.8. The lowest BCUT2D eigenvalue weighted by molar-refractivity contribution is -0.111. The topological polar surface area (TPSA) is 95.4 Å². The monoisotopic (exact) mass is 351 g/mol. The van der Waals surface area contributed by atoms with Crippen LogP contribution in [0.2, 0.25) is 0 Å². The van der Waals surface area contributed by atoms with Gasteiger partial charge in [0.05, 0.1) is 5.52 Å². The number of amides is 2. The van der Waals surface area contributed by atoms with Gasteiger partial charge in [0.2, 0.25) is 5.91 Å². The average Bonchev–Trinajstić information content (AvgIpc) is 2.99. The lowest BCUT2D eigenvalue weighted by atomic mass is 10.1. The molecule has 0 aliphatic heterocycles. The van der Waals surface area contributed by atoms with Crippen molar-refractivity contribution in [2.24, 2.45) is 0 Å². The van der Waals surface area contributed by atoms with Crippen LogP contribution in [-0.2, 0) is 4.79 Å². The van der Waals surface area contributed by atoms with Crippen LogP contribution in [-0.4, -0.2) is 35.8 Å². The van der Waals surface area contributed by atoms with E-state index in [-0.39, 0.29) is 11.8 Å². The number of anilines is 1. The minimum atomic E-state index is -0.542. The number of oxazole rings is 1. The van der Waals surface area contributed by atoms with Crippen LogP contribution < -0.4 is 11.1 Å². The number of nitrogens with one attached hydrogen (secondary N) is 2. The summed E-state index contributed by atoms with van der Waals surface area (Å²) in [7, 11) is 3.38. The van der Waals surface area contributed by atoms with Crippen molar-refractivity contribution in [3.8, 4) is 0 Å². The van der Waals surface area contributed by atoms with Gasteiger partial charge in [-0.1, -0.05) is 12.1 Å². The van der Waals surface area contributed by atoms with Crippen LogP contribution in [0.3, 0.4) is 0 Å². The van der Waals surface area contributed by atoms with Gasteiger partial charge in [-0.25, -0.2) is 4.79 Å². The largest absolute Gasteiger partial charge is 0.417 e. The number of H-pyrrole nitrogens is 1. The Morgan fingerprint density at radius 3 is 2.54 bits per heavy atom. The first-order valence-corrected chi connectivity index (χ1v) is 7.86. The molecule has 0 unspecified atom stereocenters. The highest BCUT2D eigenvalue weighted by Crippen LogP contribution is 2.16. The normalized spacial score (nSPS) is 11.0. The third-order valence-corrected chi connectivity index (χ3v) is 3.68. The van der Waals surface area contributed by atoms with Gasteiger partial charge in [0.1, 0.15) is 0 Å². The zero-order valence-electron chi connectivity index (χ0n) is 14.3. The summed E-state index contributed by atoms with van der Waals surface area (Å²) in [5.41, 5.74) is 2.83. The molecule has 0 radical (unpaired) electrons. The number of carbonyl (C=O) groups is 2. The lowest BCUT2D eigenvalue weighted by Crippen LogP contribution is -2.21. The molecule has 0 bridgehead atoms. The molecule has 7 heteroatoms. The van der Waals surface area contributed by atoms with Crippen molar-refractivity contribution in [1.29, 1.82) is 0 Å². The van der Waals surface area contributed by atoms with Gasteiger partial charge in [0.25, 0.3) is 5.91 Å². The molecule has 3 rings (SSSR count). The smallest absolute Gasteiger partial charge is 0.408 e. The van der Waals surface area contributed by atoms with Crippen LogP contribution in [0.4, 0.5) is 5.69 Å². The molecule has 0 saturated heterocycles. The van der Waals surface area contributed by atoms with Crippen LogP contribution >= 0.6 is 0 Å². The highest BCUT2D eigenvalue weighted by Gasteiger charge is 2.07. The minimum absolute atomic E-state index is 0.0786. The summed E-state index contributed by atoms with van der Waals surface area (Å²) < 4.78 is 4.96. The second-order valence-electron chi connectivity index (χ2n) is 5.87. The van der Waals surface area contributed by atoms with Gasteiger partial charge in [0.15, 0.2) is 5.58 Å². The Morgan fingerprint density at radius 2 is 1.85 bits per heavy atom. The summed E-state index contributed by atoms with van der Waals surface area (Å²) in [4.78, 5) is 39.0. The van der Waals surface area contributed by atoms with E-state index in [4.69, 9.17) is 4.42 Å². The number of fused-ring (bicyclic) bond motifs is 1. The summed E-state index contributed by atoms with van der Waals surface area (Å²) in [6.07, 6.45) is 3.04. The fraction of sp³-hybridized carbons (Fsp3) is 0.105. The number of benzene rings is 2. The first-order valence-electron chi connectivity index (χ1n) is 7.86. The molecule has 0 atom stereocenters. The number of carbonyl (C=O) groups excluding carboxylic acids is 2. The van der Waals surface area contributed by atoms with Gasteiger partial charge in [-0.15, -0.1) is 0 Å². The van der Waals surface area contributed by atoms with Crippen LogP contribution in [0.1, 0.15) is 15.9 Å². The van der Waals surface area contributed by atoms with E-state index in [1.54, 1.807) is 62.6 Å². The van der Waals surface area contributed by atoms with Gasteiger partial charge in [-0.05, 0) is 35.9 Å². The SMILES string of the molecule is CN(C)C(=O)c1ccc(/C=C/C(=O)Nc2ccc3[nH]c(=O)oc3c2)cc1. The van der Waals surface area contributed by atoms with Gasteiger partial charge in [0, 0.05) is 37.5 Å². The quantitative estimate of drug-likeness (QED) is 0.706. The maximum atomic E-state index is 12.0. The maximum absolute atomic E-state index is 12.0. The predicted octanol–water partition coefficient (Wildman–Crippen LogP) is 2.47. The van der Waals surface area contributed by atoms with Crippen LogP contribution in [0, 0.1) is 0 Å². The minimum Gasteiger partial charge on any atom is -0.408 e. The highest BCUT2D eigenvalue weighted by atomic mass is 16.4. The number of hydrogen-bond donors (Lipinski definition) is 2. The van der Waals surface area contributed by atoms with E-state index >= 15 is 0 Å². The summed E-state index contributed by atoms with van der Waals surface area (Å²) in [5, 5.41) is 2.70. The molecule has 0 aliphatic carbocycles. The van der Waals surface area contributed by atoms with Crippen molar-refractivity contribution in [1.82, 2.24) is 9.88 Å². The second kappa shape index (κ2) is 7.10. The fourth-order valence-corrected chi connectivity index (χ4v) is 2.37. The molecule has 2 aromatic carbocycles. The first-order chi connectivity index (χ1) is 12.4. The first kappa shape index (κ1) is 17.2. The maximum Gasteiger partial charge on any atom is 0.417 e. The van der Waals surface area contributed by atoms with Crippen molar-refractivity contribution in [3.63, 3.8) is 0 Å². The molecule has 26 heavy (non-hydrogen) atoms. The van der Waals surface area contributed by atoms with Crippen LogP contribution in [0.25, 0.3) is 17.2 Å². The molecule has 0 aliphatic rings. The molecule has 7 nitrogen and oxygen atoms in total. The second-order valence-corrected chi connectivity index (χ2v) is 5.87. The van der Waals surface area contributed by atoms with Crippen molar-refractivity contribution in [2.75, 3.05) is 19.4 Å².